The van der Waals surface area contributed by atoms with Crippen LogP contribution in [0, 0.1) is 5.82 Å². The number of benzene rings is 2. The maximum Gasteiger partial charge on any atom is 0.276 e. The summed E-state index contributed by atoms with van der Waals surface area (Å²) in [4.78, 5) is 28.1. The summed E-state index contributed by atoms with van der Waals surface area (Å²) in [5.41, 5.74) is 0.291. The van der Waals surface area contributed by atoms with Crippen LogP contribution < -0.4 is 15.6 Å². The van der Waals surface area contributed by atoms with Crippen molar-refractivity contribution in [3.8, 4) is 11.5 Å². The highest BCUT2D eigenvalue weighted by molar-refractivity contribution is 6.09. The van der Waals surface area contributed by atoms with Gasteiger partial charge in [0.05, 0.1) is 5.69 Å². The van der Waals surface area contributed by atoms with E-state index in [1.807, 2.05) is 0 Å². The minimum absolute atomic E-state index is 0.101. The van der Waals surface area contributed by atoms with Gasteiger partial charge in [0.25, 0.3) is 11.5 Å². The van der Waals surface area contributed by atoms with E-state index in [-0.39, 0.29) is 11.3 Å². The SMILES string of the molecule is Cn1nc(C(=O)Nc2ccc(Oc3cccc(F)c3)c3ccncc23)ccc1=O. The second-order valence-electron chi connectivity index (χ2n) is 6.23. The minimum Gasteiger partial charge on any atom is -0.457 e. The second kappa shape index (κ2) is 7.51. The zero-order valence-electron chi connectivity index (χ0n) is 15.3. The summed E-state index contributed by atoms with van der Waals surface area (Å²) < 4.78 is 20.3. The molecular weight excluding hydrogens is 375 g/mol. The minimum atomic E-state index is -0.468. The first-order valence-corrected chi connectivity index (χ1v) is 8.67. The van der Waals surface area contributed by atoms with E-state index in [1.54, 1.807) is 42.7 Å². The third-order valence-corrected chi connectivity index (χ3v) is 4.24. The van der Waals surface area contributed by atoms with Crippen molar-refractivity contribution in [1.29, 1.82) is 0 Å². The number of nitrogens with zero attached hydrogens (tertiary/aromatic N) is 3. The van der Waals surface area contributed by atoms with Gasteiger partial charge < -0.3 is 10.1 Å². The standard InChI is InChI=1S/C21H15FN4O3/c1-26-20(27)8-6-18(25-26)21(28)24-17-5-7-19(15-9-10-23-12-16(15)17)29-14-4-2-3-13(22)11-14/h2-12H,1H3,(H,24,28). The first kappa shape index (κ1) is 18.3. The monoisotopic (exact) mass is 390 g/mol. The lowest BCUT2D eigenvalue weighted by Gasteiger charge is -2.13. The van der Waals surface area contributed by atoms with Crippen LogP contribution in [0.1, 0.15) is 10.5 Å². The Bertz CT molecular complexity index is 1290. The number of halogens is 1. The van der Waals surface area contributed by atoms with Crippen molar-refractivity contribution in [3.05, 3.63) is 88.9 Å². The molecule has 0 aliphatic heterocycles. The smallest absolute Gasteiger partial charge is 0.276 e. The largest absolute Gasteiger partial charge is 0.457 e. The number of rotatable bonds is 4. The van der Waals surface area contributed by atoms with Crippen LogP contribution in [-0.2, 0) is 7.05 Å². The number of amides is 1. The molecule has 0 saturated carbocycles. The van der Waals surface area contributed by atoms with Gasteiger partial charge in [-0.25, -0.2) is 9.07 Å². The first-order valence-electron chi connectivity index (χ1n) is 8.67. The van der Waals surface area contributed by atoms with Crippen molar-refractivity contribution < 1.29 is 13.9 Å². The van der Waals surface area contributed by atoms with Crippen LogP contribution in [-0.4, -0.2) is 20.7 Å². The number of hydrogen-bond acceptors (Lipinski definition) is 5. The molecule has 2 aromatic heterocycles. The Morgan fingerprint density at radius 1 is 1.10 bits per heavy atom. The van der Waals surface area contributed by atoms with Crippen LogP contribution in [0.25, 0.3) is 10.8 Å². The summed E-state index contributed by atoms with van der Waals surface area (Å²) in [6, 6.07) is 13.5. The van der Waals surface area contributed by atoms with Gasteiger partial charge >= 0.3 is 0 Å². The second-order valence-corrected chi connectivity index (χ2v) is 6.23. The van der Waals surface area contributed by atoms with Crippen LogP contribution in [0.4, 0.5) is 10.1 Å². The van der Waals surface area contributed by atoms with Crippen LogP contribution >= 0.6 is 0 Å². The number of aromatic nitrogens is 3. The Labute approximate surface area is 164 Å². The fourth-order valence-corrected chi connectivity index (χ4v) is 2.83. The average molecular weight is 390 g/mol. The molecule has 0 radical (unpaired) electrons. The summed E-state index contributed by atoms with van der Waals surface area (Å²) >= 11 is 0. The fourth-order valence-electron chi connectivity index (χ4n) is 2.83. The molecule has 8 heteroatoms. The van der Waals surface area contributed by atoms with E-state index in [4.69, 9.17) is 4.74 Å². The van der Waals surface area contributed by atoms with E-state index in [2.05, 4.69) is 15.4 Å². The summed E-state index contributed by atoms with van der Waals surface area (Å²) in [5.74, 6) is -0.0211. The summed E-state index contributed by atoms with van der Waals surface area (Å²) in [6.07, 6.45) is 3.19. The summed E-state index contributed by atoms with van der Waals surface area (Å²) in [6.45, 7) is 0. The maximum absolute atomic E-state index is 13.4. The third kappa shape index (κ3) is 3.81. The Morgan fingerprint density at radius 2 is 1.97 bits per heavy atom. The molecule has 29 heavy (non-hydrogen) atoms. The number of nitrogens with one attached hydrogen (secondary N) is 1. The van der Waals surface area contributed by atoms with E-state index in [9.17, 15) is 14.0 Å². The molecule has 1 N–H and O–H groups in total. The topological polar surface area (TPSA) is 86.1 Å². The molecule has 1 amide bonds. The number of pyridine rings is 1. The molecule has 0 fully saturated rings. The highest BCUT2D eigenvalue weighted by Crippen LogP contribution is 2.34. The maximum atomic E-state index is 13.4. The molecule has 0 spiro atoms. The molecule has 0 saturated heterocycles. The van der Waals surface area contributed by atoms with Crippen molar-refractivity contribution in [2.75, 3.05) is 5.32 Å². The summed E-state index contributed by atoms with van der Waals surface area (Å²) in [5, 5.41) is 8.05. The van der Waals surface area contributed by atoms with Gasteiger partial charge in [0.1, 0.15) is 23.0 Å². The van der Waals surface area contributed by atoms with Crippen molar-refractivity contribution in [2.45, 2.75) is 0 Å². The lowest BCUT2D eigenvalue weighted by atomic mass is 10.1. The quantitative estimate of drug-likeness (QED) is 0.576. The molecule has 0 bridgehead atoms. The molecule has 4 rings (SSSR count). The molecule has 0 atom stereocenters. The van der Waals surface area contributed by atoms with Gasteiger partial charge in [-0.1, -0.05) is 6.07 Å². The van der Waals surface area contributed by atoms with Gasteiger partial charge in [0.2, 0.25) is 0 Å². The van der Waals surface area contributed by atoms with Gasteiger partial charge in [-0.05, 0) is 36.4 Å². The first-order chi connectivity index (χ1) is 14.0. The highest BCUT2D eigenvalue weighted by atomic mass is 19.1. The number of fused-ring (bicyclic) bond motifs is 1. The van der Waals surface area contributed by atoms with Gasteiger partial charge in [0, 0.05) is 42.3 Å². The number of carbonyl (C=O) groups is 1. The lowest BCUT2D eigenvalue weighted by Crippen LogP contribution is -2.23. The van der Waals surface area contributed by atoms with Crippen LogP contribution in [0.15, 0.2) is 71.8 Å². The normalized spacial score (nSPS) is 10.7. The third-order valence-electron chi connectivity index (χ3n) is 4.24. The molecule has 4 aromatic rings. The van der Waals surface area contributed by atoms with E-state index in [0.29, 0.717) is 28.0 Å². The van der Waals surface area contributed by atoms with Crippen molar-refractivity contribution >= 4 is 22.4 Å². The van der Waals surface area contributed by atoms with E-state index in [0.717, 1.165) is 4.68 Å². The predicted octanol–water partition coefficient (Wildman–Crippen LogP) is 3.51. The van der Waals surface area contributed by atoms with Crippen molar-refractivity contribution in [2.24, 2.45) is 7.05 Å². The Hall–Kier alpha value is -4.07. The van der Waals surface area contributed by atoms with E-state index >= 15 is 0 Å². The Morgan fingerprint density at radius 3 is 2.76 bits per heavy atom. The summed E-state index contributed by atoms with van der Waals surface area (Å²) in [7, 11) is 1.47. The molecule has 0 aliphatic carbocycles. The molecule has 144 valence electrons. The van der Waals surface area contributed by atoms with Gasteiger partial charge in [0.15, 0.2) is 0 Å². The van der Waals surface area contributed by atoms with Crippen LogP contribution in [0.5, 0.6) is 11.5 Å². The fraction of sp³-hybridized carbons (Fsp3) is 0.0476. The predicted molar refractivity (Wildman–Crippen MR) is 106 cm³/mol. The number of anilines is 1. The zero-order chi connectivity index (χ0) is 20.4. The molecular formula is C21H15FN4O3. The zero-order valence-corrected chi connectivity index (χ0v) is 15.3. The van der Waals surface area contributed by atoms with E-state index < -0.39 is 11.7 Å². The van der Waals surface area contributed by atoms with Gasteiger partial charge in [-0.3, -0.25) is 14.6 Å². The number of hydrogen-bond donors (Lipinski definition) is 1. The van der Waals surface area contributed by atoms with E-state index in [1.165, 1.54) is 31.3 Å². The molecule has 0 aliphatic rings. The molecule has 0 unspecified atom stereocenters. The van der Waals surface area contributed by atoms with Gasteiger partial charge in [-0.15, -0.1) is 0 Å². The Kier molecular flexibility index (Phi) is 4.74. The molecule has 2 aromatic carbocycles. The van der Waals surface area contributed by atoms with Crippen molar-refractivity contribution in [3.63, 3.8) is 0 Å². The van der Waals surface area contributed by atoms with Crippen molar-refractivity contribution in [1.82, 2.24) is 14.8 Å². The Balaban J connectivity index is 1.68. The molecule has 2 heterocycles. The van der Waals surface area contributed by atoms with Gasteiger partial charge in [-0.2, -0.15) is 5.10 Å². The highest BCUT2D eigenvalue weighted by Gasteiger charge is 2.13. The number of aryl methyl sites for hydroxylation is 1. The van der Waals surface area contributed by atoms with Crippen LogP contribution in [0.2, 0.25) is 0 Å². The number of carbonyl (C=O) groups excluding carboxylic acids is 1. The molecule has 7 nitrogen and oxygen atoms in total. The average Bonchev–Trinajstić information content (AvgIpc) is 2.72. The lowest BCUT2D eigenvalue weighted by molar-refractivity contribution is 0.102. The number of ether oxygens (including phenoxy) is 1. The van der Waals surface area contributed by atoms with Crippen LogP contribution in [0.3, 0.4) is 0 Å².